The molecular formula is C30H26N12S2. The Morgan fingerprint density at radius 1 is 0.614 bits per heavy atom. The number of aryl methyl sites for hydroxylation is 2. The van der Waals surface area contributed by atoms with Crippen molar-refractivity contribution in [2.45, 2.75) is 38.5 Å². The van der Waals surface area contributed by atoms with Crippen LogP contribution in [0.25, 0.3) is 0 Å². The number of fused-ring (bicyclic) bond motifs is 2. The molecule has 0 atom stereocenters. The summed E-state index contributed by atoms with van der Waals surface area (Å²) in [7, 11) is 0. The number of thiocarbonyl (C=S) groups is 2. The van der Waals surface area contributed by atoms with Crippen LogP contribution >= 0.6 is 24.4 Å². The van der Waals surface area contributed by atoms with E-state index in [9.17, 15) is 0 Å². The highest BCUT2D eigenvalue weighted by molar-refractivity contribution is 7.80. The molecule has 0 bridgehead atoms. The fourth-order valence-electron chi connectivity index (χ4n) is 4.43. The molecule has 2 aromatic carbocycles. The van der Waals surface area contributed by atoms with Crippen LogP contribution in [0.5, 0.6) is 0 Å². The highest BCUT2D eigenvalue weighted by atomic mass is 32.1. The van der Waals surface area contributed by atoms with Gasteiger partial charge in [0.15, 0.2) is 33.0 Å². The SMILES string of the molecule is N#Cc1nc(C#N)c(C#N)nc1C#N.NC(=S)N/N=C1\CCCc2ccccc21.NC(=S)N/N=C1\CCCc2ccccc21. The Bertz CT molecular complexity index is 1610. The van der Waals surface area contributed by atoms with Crippen molar-refractivity contribution in [2.75, 3.05) is 0 Å². The van der Waals surface area contributed by atoms with Gasteiger partial charge in [-0.25, -0.2) is 9.97 Å². The summed E-state index contributed by atoms with van der Waals surface area (Å²) < 4.78 is 0. The molecule has 0 unspecified atom stereocenters. The second kappa shape index (κ2) is 16.6. The molecule has 0 radical (unpaired) electrons. The average Bonchev–Trinajstić information content (AvgIpc) is 3.06. The largest absolute Gasteiger partial charge is 0.375 e. The van der Waals surface area contributed by atoms with Crippen molar-refractivity contribution in [2.24, 2.45) is 21.7 Å². The first-order chi connectivity index (χ1) is 21.3. The fourth-order valence-corrected chi connectivity index (χ4v) is 4.52. The van der Waals surface area contributed by atoms with E-state index in [0.717, 1.165) is 49.9 Å². The van der Waals surface area contributed by atoms with E-state index in [-0.39, 0.29) is 33.0 Å². The summed E-state index contributed by atoms with van der Waals surface area (Å²) in [5.41, 5.74) is 22.2. The molecule has 2 aliphatic carbocycles. The van der Waals surface area contributed by atoms with E-state index in [4.69, 9.17) is 57.0 Å². The molecule has 12 nitrogen and oxygen atoms in total. The monoisotopic (exact) mass is 618 g/mol. The molecule has 2 aliphatic rings. The van der Waals surface area contributed by atoms with Crippen molar-refractivity contribution in [1.29, 1.82) is 21.0 Å². The van der Waals surface area contributed by atoms with Crippen molar-refractivity contribution >= 4 is 46.1 Å². The minimum Gasteiger partial charge on any atom is -0.375 e. The van der Waals surface area contributed by atoms with E-state index in [1.807, 2.05) is 12.1 Å². The molecule has 0 fully saturated rings. The lowest BCUT2D eigenvalue weighted by molar-refractivity contribution is 0.828. The summed E-state index contributed by atoms with van der Waals surface area (Å²) in [5.74, 6) is 0. The third-order valence-electron chi connectivity index (χ3n) is 6.30. The highest BCUT2D eigenvalue weighted by Crippen LogP contribution is 2.22. The van der Waals surface area contributed by atoms with Crippen LogP contribution < -0.4 is 22.3 Å². The summed E-state index contributed by atoms with van der Waals surface area (Å²) in [6, 6.07) is 23.1. The van der Waals surface area contributed by atoms with Crippen LogP contribution in [-0.2, 0) is 12.8 Å². The third-order valence-corrected chi connectivity index (χ3v) is 6.48. The predicted molar refractivity (Wildman–Crippen MR) is 173 cm³/mol. The number of aromatic nitrogens is 2. The molecular weight excluding hydrogens is 593 g/mol. The van der Waals surface area contributed by atoms with Gasteiger partial charge in [-0.3, -0.25) is 10.9 Å². The normalized spacial score (nSPS) is 14.2. The molecule has 0 amide bonds. The Balaban J connectivity index is 0.000000181. The lowest BCUT2D eigenvalue weighted by Crippen LogP contribution is -2.26. The van der Waals surface area contributed by atoms with Gasteiger partial charge in [0.2, 0.25) is 0 Å². The highest BCUT2D eigenvalue weighted by Gasteiger charge is 2.16. The van der Waals surface area contributed by atoms with E-state index >= 15 is 0 Å². The maximum Gasteiger partial charge on any atom is 0.184 e. The number of nitriles is 4. The number of hydrazone groups is 2. The Morgan fingerprint density at radius 3 is 1.27 bits per heavy atom. The number of nitrogens with two attached hydrogens (primary N) is 2. The van der Waals surface area contributed by atoms with Gasteiger partial charge < -0.3 is 11.5 Å². The van der Waals surface area contributed by atoms with E-state index in [1.165, 1.54) is 22.3 Å². The minimum absolute atomic E-state index is 0.213. The van der Waals surface area contributed by atoms with Crippen LogP contribution in [0.4, 0.5) is 0 Å². The summed E-state index contributed by atoms with van der Waals surface area (Å²) in [6.45, 7) is 0. The standard InChI is InChI=1S/2C11H13N3S.C8N6/c2*12-11(15)14-13-10-7-3-5-8-4-1-2-6-9(8)10;9-1-5-6(2-10)14-8(4-12)7(3-11)13-5/h2*1-2,4,6H,3,5,7H2,(H3,12,14,15);/b2*13-10+;. The second-order valence-electron chi connectivity index (χ2n) is 9.16. The fraction of sp³-hybridized carbons (Fsp3) is 0.200. The smallest absolute Gasteiger partial charge is 0.184 e. The van der Waals surface area contributed by atoms with Gasteiger partial charge in [-0.1, -0.05) is 48.5 Å². The zero-order valence-electron chi connectivity index (χ0n) is 23.4. The maximum absolute atomic E-state index is 8.54. The van der Waals surface area contributed by atoms with Gasteiger partial charge in [0.25, 0.3) is 0 Å². The zero-order chi connectivity index (χ0) is 31.9. The summed E-state index contributed by atoms with van der Waals surface area (Å²) in [4.78, 5) is 7.04. The van der Waals surface area contributed by atoms with Crippen LogP contribution in [0.2, 0.25) is 0 Å². The summed E-state index contributed by atoms with van der Waals surface area (Å²) >= 11 is 9.44. The Labute approximate surface area is 265 Å². The van der Waals surface area contributed by atoms with Crippen LogP contribution in [0.1, 0.15) is 70.7 Å². The molecule has 6 N–H and O–H groups in total. The second-order valence-corrected chi connectivity index (χ2v) is 10.0. The summed E-state index contributed by atoms with van der Waals surface area (Å²) in [5, 5.41) is 43.0. The first-order valence-corrected chi connectivity index (χ1v) is 14.1. The number of nitrogens with one attached hydrogen (secondary N) is 2. The number of nitrogens with zero attached hydrogens (tertiary/aromatic N) is 8. The lowest BCUT2D eigenvalue weighted by Gasteiger charge is -2.17. The van der Waals surface area contributed by atoms with E-state index < -0.39 is 0 Å². The van der Waals surface area contributed by atoms with Gasteiger partial charge in [0.05, 0.1) is 11.4 Å². The molecule has 44 heavy (non-hydrogen) atoms. The van der Waals surface area contributed by atoms with Crippen LogP contribution in [0.3, 0.4) is 0 Å². The minimum atomic E-state index is -0.247. The number of hydrogen-bond acceptors (Lipinski definition) is 10. The summed E-state index contributed by atoms with van der Waals surface area (Å²) in [6.07, 6.45) is 6.48. The molecule has 0 saturated heterocycles. The van der Waals surface area contributed by atoms with E-state index in [0.29, 0.717) is 0 Å². The lowest BCUT2D eigenvalue weighted by atomic mass is 9.90. The molecule has 5 rings (SSSR count). The molecule has 14 heteroatoms. The molecule has 0 spiro atoms. The maximum atomic E-state index is 8.54. The van der Waals surface area contributed by atoms with Gasteiger partial charge in [-0.15, -0.1) is 0 Å². The van der Waals surface area contributed by atoms with Crippen molar-refractivity contribution in [1.82, 2.24) is 20.8 Å². The van der Waals surface area contributed by atoms with Crippen molar-refractivity contribution in [3.05, 3.63) is 93.6 Å². The van der Waals surface area contributed by atoms with Crippen molar-refractivity contribution in [3.63, 3.8) is 0 Å². The molecule has 1 heterocycles. The molecule has 0 saturated carbocycles. The van der Waals surface area contributed by atoms with Crippen molar-refractivity contribution < 1.29 is 0 Å². The molecule has 1 aromatic heterocycles. The average molecular weight is 619 g/mol. The number of rotatable bonds is 2. The molecule has 0 aliphatic heterocycles. The van der Waals surface area contributed by atoms with Crippen LogP contribution in [0, 0.1) is 45.3 Å². The van der Waals surface area contributed by atoms with Gasteiger partial charge in [0, 0.05) is 11.1 Å². The Hall–Kier alpha value is -5.80. The van der Waals surface area contributed by atoms with E-state index in [2.05, 4.69) is 67.4 Å². The molecule has 3 aromatic rings. The topological polar surface area (TPSA) is 222 Å². The number of hydrogen-bond donors (Lipinski definition) is 4. The predicted octanol–water partition coefficient (Wildman–Crippen LogP) is 3.08. The quantitative estimate of drug-likeness (QED) is 0.240. The third kappa shape index (κ3) is 9.10. The van der Waals surface area contributed by atoms with E-state index in [1.54, 1.807) is 24.3 Å². The Kier molecular flexibility index (Phi) is 12.3. The van der Waals surface area contributed by atoms with Gasteiger partial charge in [0.1, 0.15) is 24.3 Å². The van der Waals surface area contributed by atoms with Crippen LogP contribution in [-0.4, -0.2) is 31.6 Å². The Morgan fingerprint density at radius 2 is 0.955 bits per heavy atom. The first kappa shape index (κ1) is 32.7. The first-order valence-electron chi connectivity index (χ1n) is 13.2. The van der Waals surface area contributed by atoms with Gasteiger partial charge >= 0.3 is 0 Å². The zero-order valence-corrected chi connectivity index (χ0v) is 25.0. The van der Waals surface area contributed by atoms with Gasteiger partial charge in [-0.05, 0) is 74.1 Å². The van der Waals surface area contributed by atoms with Crippen LogP contribution in [0.15, 0.2) is 58.7 Å². The van der Waals surface area contributed by atoms with Crippen molar-refractivity contribution in [3.8, 4) is 24.3 Å². The van der Waals surface area contributed by atoms with Gasteiger partial charge in [-0.2, -0.15) is 31.3 Å². The molecule has 218 valence electrons. The number of benzene rings is 2.